The molecule has 2 rings (SSSR count). The fourth-order valence-electron chi connectivity index (χ4n) is 1.50. The molecule has 0 atom stereocenters. The highest BCUT2D eigenvalue weighted by Gasteiger charge is 2.10. The number of carbonyl (C=O) groups excluding carboxylic acids is 1. The van der Waals surface area contributed by atoms with Gasteiger partial charge in [-0.25, -0.2) is 14.8 Å². The van der Waals surface area contributed by atoms with Gasteiger partial charge in [0.1, 0.15) is 12.1 Å². The second-order valence-electron chi connectivity index (χ2n) is 3.75. The lowest BCUT2D eigenvalue weighted by Gasteiger charge is -2.09. The van der Waals surface area contributed by atoms with Gasteiger partial charge >= 0.3 is 6.09 Å². The zero-order valence-electron chi connectivity index (χ0n) is 10.2. The third kappa shape index (κ3) is 2.82. The zero-order valence-corrected chi connectivity index (χ0v) is 10.2. The number of rotatable bonds is 2. The highest BCUT2D eigenvalue weighted by atomic mass is 16.6. The minimum Gasteiger partial charge on any atom is -0.410 e. The molecule has 0 saturated heterocycles. The van der Waals surface area contributed by atoms with Gasteiger partial charge in [0.2, 0.25) is 0 Å². The standard InChI is InChI=1S/C13H13N3O2/c1-9-12(10(2)15-8-14-9)16-13(17)18-11-6-4-3-5-7-11/h3-8H,1-2H3,(H,16,17). The van der Waals surface area contributed by atoms with E-state index in [1.165, 1.54) is 6.33 Å². The van der Waals surface area contributed by atoms with Gasteiger partial charge in [-0.05, 0) is 26.0 Å². The van der Waals surface area contributed by atoms with Crippen LogP contribution in [0.4, 0.5) is 10.5 Å². The molecule has 0 bridgehead atoms. The predicted molar refractivity (Wildman–Crippen MR) is 67.6 cm³/mol. The number of hydrogen-bond acceptors (Lipinski definition) is 4. The number of aryl methyl sites for hydroxylation is 2. The van der Waals surface area contributed by atoms with E-state index in [1.807, 2.05) is 6.07 Å². The molecule has 1 heterocycles. The maximum absolute atomic E-state index is 11.7. The summed E-state index contributed by atoms with van der Waals surface area (Å²) >= 11 is 0. The highest BCUT2D eigenvalue weighted by Crippen LogP contribution is 2.16. The third-order valence-corrected chi connectivity index (χ3v) is 2.41. The summed E-state index contributed by atoms with van der Waals surface area (Å²) in [4.78, 5) is 19.7. The van der Waals surface area contributed by atoms with E-state index >= 15 is 0 Å². The van der Waals surface area contributed by atoms with Crippen LogP contribution >= 0.6 is 0 Å². The smallest absolute Gasteiger partial charge is 0.410 e. The predicted octanol–water partition coefficient (Wildman–Crippen LogP) is 2.70. The quantitative estimate of drug-likeness (QED) is 0.880. The largest absolute Gasteiger partial charge is 0.417 e. The van der Waals surface area contributed by atoms with Gasteiger partial charge in [-0.2, -0.15) is 0 Å². The average molecular weight is 243 g/mol. The molecule has 1 amide bonds. The summed E-state index contributed by atoms with van der Waals surface area (Å²) < 4.78 is 5.12. The SMILES string of the molecule is Cc1ncnc(C)c1NC(=O)Oc1ccccc1. The molecule has 0 fully saturated rings. The zero-order chi connectivity index (χ0) is 13.0. The number of aromatic nitrogens is 2. The first kappa shape index (κ1) is 12.0. The van der Waals surface area contributed by atoms with Crippen molar-refractivity contribution in [3.8, 4) is 5.75 Å². The van der Waals surface area contributed by atoms with Crippen molar-refractivity contribution in [3.63, 3.8) is 0 Å². The van der Waals surface area contributed by atoms with E-state index in [9.17, 15) is 4.79 Å². The lowest BCUT2D eigenvalue weighted by Crippen LogP contribution is -2.18. The molecule has 1 aromatic heterocycles. The number of amides is 1. The minimum atomic E-state index is -0.554. The topological polar surface area (TPSA) is 64.1 Å². The van der Waals surface area contributed by atoms with Crippen LogP contribution in [0.5, 0.6) is 5.75 Å². The molecule has 2 aromatic rings. The molecule has 0 radical (unpaired) electrons. The average Bonchev–Trinajstić information content (AvgIpc) is 2.35. The molecule has 1 N–H and O–H groups in total. The van der Waals surface area contributed by atoms with Gasteiger partial charge in [-0.1, -0.05) is 18.2 Å². The summed E-state index contributed by atoms with van der Waals surface area (Å²) in [6.45, 7) is 3.60. The highest BCUT2D eigenvalue weighted by molar-refractivity contribution is 5.87. The molecule has 0 unspecified atom stereocenters. The minimum absolute atomic E-state index is 0.488. The Labute approximate surface area is 105 Å². The van der Waals surface area contributed by atoms with Crippen molar-refractivity contribution in [2.24, 2.45) is 0 Å². The van der Waals surface area contributed by atoms with Crippen molar-refractivity contribution < 1.29 is 9.53 Å². The maximum atomic E-state index is 11.7. The molecule has 0 spiro atoms. The molecule has 5 nitrogen and oxygen atoms in total. The summed E-state index contributed by atoms with van der Waals surface area (Å²) in [6.07, 6.45) is 0.903. The maximum Gasteiger partial charge on any atom is 0.417 e. The lowest BCUT2D eigenvalue weighted by atomic mass is 10.3. The first-order chi connectivity index (χ1) is 8.66. The summed E-state index contributed by atoms with van der Waals surface area (Å²) in [7, 11) is 0. The van der Waals surface area contributed by atoms with Gasteiger partial charge in [0.05, 0.1) is 17.1 Å². The molecular weight excluding hydrogens is 230 g/mol. The normalized spacial score (nSPS) is 9.89. The Morgan fingerprint density at radius 2 is 1.72 bits per heavy atom. The molecule has 0 aliphatic rings. The molecular formula is C13H13N3O2. The number of benzene rings is 1. The number of nitrogens with zero attached hydrogens (tertiary/aromatic N) is 2. The molecule has 5 heteroatoms. The fourth-order valence-corrected chi connectivity index (χ4v) is 1.50. The van der Waals surface area contributed by atoms with E-state index in [4.69, 9.17) is 4.74 Å². The van der Waals surface area contributed by atoms with Gasteiger partial charge < -0.3 is 4.74 Å². The Morgan fingerprint density at radius 3 is 2.33 bits per heavy atom. The van der Waals surface area contributed by atoms with E-state index in [-0.39, 0.29) is 0 Å². The van der Waals surface area contributed by atoms with Crippen LogP contribution in [0.25, 0.3) is 0 Å². The number of para-hydroxylation sites is 1. The van der Waals surface area contributed by atoms with Gasteiger partial charge in [-0.15, -0.1) is 0 Å². The van der Waals surface area contributed by atoms with E-state index in [2.05, 4.69) is 15.3 Å². The van der Waals surface area contributed by atoms with Gasteiger partial charge in [0, 0.05) is 0 Å². The fraction of sp³-hybridized carbons (Fsp3) is 0.154. The van der Waals surface area contributed by atoms with Crippen LogP contribution in [-0.2, 0) is 0 Å². The van der Waals surface area contributed by atoms with Gasteiger partial charge in [-0.3, -0.25) is 5.32 Å². The second-order valence-corrected chi connectivity index (χ2v) is 3.75. The molecule has 1 aromatic carbocycles. The Balaban J connectivity index is 2.08. The first-order valence-electron chi connectivity index (χ1n) is 5.49. The van der Waals surface area contributed by atoms with Crippen molar-refractivity contribution in [1.82, 2.24) is 9.97 Å². The third-order valence-electron chi connectivity index (χ3n) is 2.41. The Hall–Kier alpha value is -2.43. The van der Waals surface area contributed by atoms with Crippen LogP contribution in [0.15, 0.2) is 36.7 Å². The summed E-state index contributed by atoms with van der Waals surface area (Å²) in [5, 5.41) is 2.64. The van der Waals surface area contributed by atoms with Crippen LogP contribution < -0.4 is 10.1 Å². The molecule has 18 heavy (non-hydrogen) atoms. The van der Waals surface area contributed by atoms with Crippen LogP contribution in [-0.4, -0.2) is 16.1 Å². The molecule has 0 aliphatic carbocycles. The Kier molecular flexibility index (Phi) is 3.52. The van der Waals surface area contributed by atoms with Crippen LogP contribution in [0.1, 0.15) is 11.4 Å². The van der Waals surface area contributed by atoms with Crippen LogP contribution in [0, 0.1) is 13.8 Å². The van der Waals surface area contributed by atoms with Crippen molar-refractivity contribution in [2.45, 2.75) is 13.8 Å². The summed E-state index contributed by atoms with van der Waals surface area (Å²) in [6, 6.07) is 8.86. The number of nitrogens with one attached hydrogen (secondary N) is 1. The van der Waals surface area contributed by atoms with E-state index in [1.54, 1.807) is 38.1 Å². The van der Waals surface area contributed by atoms with Crippen molar-refractivity contribution in [1.29, 1.82) is 0 Å². The Morgan fingerprint density at radius 1 is 1.11 bits per heavy atom. The number of ether oxygens (including phenoxy) is 1. The molecule has 92 valence electrons. The van der Waals surface area contributed by atoms with E-state index in [0.717, 1.165) is 0 Å². The lowest BCUT2D eigenvalue weighted by molar-refractivity contribution is 0.215. The van der Waals surface area contributed by atoms with Gasteiger partial charge in [0.25, 0.3) is 0 Å². The van der Waals surface area contributed by atoms with E-state index in [0.29, 0.717) is 22.8 Å². The second kappa shape index (κ2) is 5.27. The number of hydrogen-bond donors (Lipinski definition) is 1. The number of anilines is 1. The van der Waals surface area contributed by atoms with Crippen molar-refractivity contribution in [2.75, 3.05) is 5.32 Å². The van der Waals surface area contributed by atoms with Crippen molar-refractivity contribution >= 4 is 11.8 Å². The molecule has 0 saturated carbocycles. The summed E-state index contributed by atoms with van der Waals surface area (Å²) in [5.74, 6) is 0.488. The van der Waals surface area contributed by atoms with Gasteiger partial charge in [0.15, 0.2) is 0 Å². The van der Waals surface area contributed by atoms with Crippen LogP contribution in [0.3, 0.4) is 0 Å². The van der Waals surface area contributed by atoms with E-state index < -0.39 is 6.09 Å². The first-order valence-corrected chi connectivity index (χ1v) is 5.49. The number of carbonyl (C=O) groups is 1. The summed E-state index contributed by atoms with van der Waals surface area (Å²) in [5.41, 5.74) is 1.98. The molecule has 0 aliphatic heterocycles. The van der Waals surface area contributed by atoms with Crippen molar-refractivity contribution in [3.05, 3.63) is 48.0 Å². The Bertz CT molecular complexity index is 535. The van der Waals surface area contributed by atoms with Crippen LogP contribution in [0.2, 0.25) is 0 Å². The monoisotopic (exact) mass is 243 g/mol.